The van der Waals surface area contributed by atoms with Crippen molar-refractivity contribution in [2.75, 3.05) is 6.61 Å². The zero-order valence-corrected chi connectivity index (χ0v) is 11.1. The quantitative estimate of drug-likeness (QED) is 0.485. The summed E-state index contributed by atoms with van der Waals surface area (Å²) in [5.41, 5.74) is 1.28. The Morgan fingerprint density at radius 2 is 2.25 bits per heavy atom. The summed E-state index contributed by atoms with van der Waals surface area (Å²) in [6, 6.07) is 6.05. The lowest BCUT2D eigenvalue weighted by molar-refractivity contribution is -0.384. The van der Waals surface area contributed by atoms with Crippen LogP contribution in [0.3, 0.4) is 0 Å². The predicted octanol–water partition coefficient (Wildman–Crippen LogP) is 2.17. The van der Waals surface area contributed by atoms with Gasteiger partial charge in [0.25, 0.3) is 5.69 Å². The minimum Gasteiger partial charge on any atom is -0.462 e. The number of carbonyl (C=O) groups excluding carboxylic acids is 1. The molecule has 20 heavy (non-hydrogen) atoms. The van der Waals surface area contributed by atoms with Gasteiger partial charge in [-0.25, -0.2) is 4.79 Å². The Hall–Kier alpha value is -2.70. The van der Waals surface area contributed by atoms with Gasteiger partial charge in [-0.3, -0.25) is 14.8 Å². The number of nitro benzene ring substituents is 1. The first-order chi connectivity index (χ1) is 9.54. The lowest BCUT2D eigenvalue weighted by Gasteiger charge is -2.06. The van der Waals surface area contributed by atoms with Gasteiger partial charge < -0.3 is 4.74 Å². The van der Waals surface area contributed by atoms with E-state index in [0.717, 1.165) is 0 Å². The first-order valence-corrected chi connectivity index (χ1v) is 5.98. The van der Waals surface area contributed by atoms with Crippen molar-refractivity contribution in [3.8, 4) is 11.3 Å². The van der Waals surface area contributed by atoms with E-state index >= 15 is 0 Å². The smallest absolute Gasteiger partial charge is 0.341 e. The average Bonchev–Trinajstić information content (AvgIpc) is 2.81. The average molecular weight is 275 g/mol. The maximum atomic E-state index is 11.9. The molecule has 2 rings (SSSR count). The summed E-state index contributed by atoms with van der Waals surface area (Å²) < 4.78 is 6.45. The van der Waals surface area contributed by atoms with Crippen molar-refractivity contribution in [1.82, 2.24) is 9.78 Å². The lowest BCUT2D eigenvalue weighted by Crippen LogP contribution is -2.06. The molecule has 0 saturated carbocycles. The molecule has 104 valence electrons. The highest BCUT2D eigenvalue weighted by molar-refractivity contribution is 5.96. The van der Waals surface area contributed by atoms with Crippen LogP contribution in [0.4, 0.5) is 5.69 Å². The van der Waals surface area contributed by atoms with E-state index < -0.39 is 10.9 Å². The standard InChI is InChI=1S/C13H13N3O4/c1-3-20-13(17)11-8-14-15(2)12(11)9-5-4-6-10(7-9)16(18)19/h4-8H,3H2,1-2H3. The van der Waals surface area contributed by atoms with E-state index in [4.69, 9.17) is 4.74 Å². The molecule has 1 heterocycles. The highest BCUT2D eigenvalue weighted by Crippen LogP contribution is 2.27. The molecule has 0 aliphatic heterocycles. The van der Waals surface area contributed by atoms with E-state index in [2.05, 4.69) is 5.10 Å². The summed E-state index contributed by atoms with van der Waals surface area (Å²) >= 11 is 0. The number of carbonyl (C=O) groups is 1. The zero-order chi connectivity index (χ0) is 14.7. The second-order valence-corrected chi connectivity index (χ2v) is 4.06. The van der Waals surface area contributed by atoms with Gasteiger partial charge in [0.2, 0.25) is 0 Å². The van der Waals surface area contributed by atoms with Gasteiger partial charge in [-0.2, -0.15) is 5.10 Å². The van der Waals surface area contributed by atoms with Crippen LogP contribution in [0, 0.1) is 10.1 Å². The van der Waals surface area contributed by atoms with Crippen molar-refractivity contribution < 1.29 is 14.5 Å². The maximum Gasteiger partial charge on any atom is 0.341 e. The van der Waals surface area contributed by atoms with Gasteiger partial charge in [-0.05, 0) is 6.92 Å². The molecule has 1 aromatic carbocycles. The van der Waals surface area contributed by atoms with E-state index in [0.29, 0.717) is 11.3 Å². The summed E-state index contributed by atoms with van der Waals surface area (Å²) in [6.07, 6.45) is 1.40. The van der Waals surface area contributed by atoms with Gasteiger partial charge in [0.05, 0.1) is 23.4 Å². The van der Waals surface area contributed by atoms with Crippen molar-refractivity contribution in [1.29, 1.82) is 0 Å². The van der Waals surface area contributed by atoms with Gasteiger partial charge in [0, 0.05) is 24.7 Å². The SMILES string of the molecule is CCOC(=O)c1cnn(C)c1-c1cccc([N+](=O)[O-])c1. The molecule has 2 aromatic rings. The summed E-state index contributed by atoms with van der Waals surface area (Å²) in [4.78, 5) is 22.2. The number of benzene rings is 1. The number of aryl methyl sites for hydroxylation is 1. The number of nitro groups is 1. The predicted molar refractivity (Wildman–Crippen MR) is 71.3 cm³/mol. The first-order valence-electron chi connectivity index (χ1n) is 5.98. The second-order valence-electron chi connectivity index (χ2n) is 4.06. The van der Waals surface area contributed by atoms with Gasteiger partial charge >= 0.3 is 5.97 Å². The molecule has 0 bridgehead atoms. The van der Waals surface area contributed by atoms with Crippen LogP contribution in [-0.2, 0) is 11.8 Å². The monoisotopic (exact) mass is 275 g/mol. The Kier molecular flexibility index (Phi) is 3.79. The molecule has 0 saturated heterocycles. The van der Waals surface area contributed by atoms with Crippen LogP contribution in [0.15, 0.2) is 30.5 Å². The summed E-state index contributed by atoms with van der Waals surface area (Å²) in [5, 5.41) is 14.8. The fraction of sp³-hybridized carbons (Fsp3) is 0.231. The molecule has 0 radical (unpaired) electrons. The Bertz CT molecular complexity index is 663. The third-order valence-corrected chi connectivity index (χ3v) is 2.76. The molecule has 0 aliphatic carbocycles. The number of ether oxygens (including phenoxy) is 1. The zero-order valence-electron chi connectivity index (χ0n) is 11.1. The molecule has 0 N–H and O–H groups in total. The number of hydrogen-bond donors (Lipinski definition) is 0. The van der Waals surface area contributed by atoms with E-state index in [9.17, 15) is 14.9 Å². The van der Waals surface area contributed by atoms with E-state index in [1.165, 1.54) is 23.0 Å². The molecule has 1 aromatic heterocycles. The number of hydrogen-bond acceptors (Lipinski definition) is 5. The van der Waals surface area contributed by atoms with Crippen molar-refractivity contribution in [3.63, 3.8) is 0 Å². The minimum atomic E-state index is -0.498. The molecule has 7 heteroatoms. The van der Waals surface area contributed by atoms with E-state index in [-0.39, 0.29) is 17.9 Å². The first kappa shape index (κ1) is 13.7. The normalized spacial score (nSPS) is 10.3. The fourth-order valence-corrected chi connectivity index (χ4v) is 1.90. The Labute approximate surface area is 114 Å². The van der Waals surface area contributed by atoms with Crippen LogP contribution >= 0.6 is 0 Å². The Balaban J connectivity index is 2.52. The molecule has 0 amide bonds. The summed E-state index contributed by atoms with van der Waals surface area (Å²) in [5.74, 6) is -0.498. The van der Waals surface area contributed by atoms with Crippen molar-refractivity contribution >= 4 is 11.7 Å². The highest BCUT2D eigenvalue weighted by Gasteiger charge is 2.20. The molecule has 0 spiro atoms. The molecule has 0 fully saturated rings. The molecule has 0 atom stereocenters. The Morgan fingerprint density at radius 3 is 2.90 bits per heavy atom. The van der Waals surface area contributed by atoms with Crippen molar-refractivity contribution in [2.45, 2.75) is 6.92 Å². The summed E-state index contributed by atoms with van der Waals surface area (Å²) in [7, 11) is 1.66. The molecule has 0 aliphatic rings. The van der Waals surface area contributed by atoms with Crippen molar-refractivity contribution in [3.05, 3.63) is 46.1 Å². The minimum absolute atomic E-state index is 0.0430. The van der Waals surface area contributed by atoms with Crippen LogP contribution < -0.4 is 0 Å². The van der Waals surface area contributed by atoms with Crippen LogP contribution in [0.5, 0.6) is 0 Å². The number of nitrogens with zero attached hydrogens (tertiary/aromatic N) is 3. The van der Waals surface area contributed by atoms with Gasteiger partial charge in [-0.15, -0.1) is 0 Å². The molecule has 0 unspecified atom stereocenters. The summed E-state index contributed by atoms with van der Waals surface area (Å²) in [6.45, 7) is 1.96. The fourth-order valence-electron chi connectivity index (χ4n) is 1.90. The number of aromatic nitrogens is 2. The van der Waals surface area contributed by atoms with E-state index in [1.807, 2.05) is 0 Å². The highest BCUT2D eigenvalue weighted by atomic mass is 16.6. The van der Waals surface area contributed by atoms with Gasteiger partial charge in [0.15, 0.2) is 0 Å². The largest absolute Gasteiger partial charge is 0.462 e. The van der Waals surface area contributed by atoms with Crippen LogP contribution in [0.2, 0.25) is 0 Å². The molecule has 7 nitrogen and oxygen atoms in total. The topological polar surface area (TPSA) is 87.3 Å². The number of esters is 1. The second kappa shape index (κ2) is 5.52. The maximum absolute atomic E-state index is 11.9. The van der Waals surface area contributed by atoms with Crippen LogP contribution in [0.1, 0.15) is 17.3 Å². The van der Waals surface area contributed by atoms with Crippen LogP contribution in [-0.4, -0.2) is 27.3 Å². The van der Waals surface area contributed by atoms with Gasteiger partial charge in [0.1, 0.15) is 5.56 Å². The third-order valence-electron chi connectivity index (χ3n) is 2.76. The lowest BCUT2D eigenvalue weighted by atomic mass is 10.1. The molecular formula is C13H13N3O4. The van der Waals surface area contributed by atoms with Crippen molar-refractivity contribution in [2.24, 2.45) is 7.05 Å². The third kappa shape index (κ3) is 2.51. The van der Waals surface area contributed by atoms with Crippen LogP contribution in [0.25, 0.3) is 11.3 Å². The van der Waals surface area contributed by atoms with Gasteiger partial charge in [-0.1, -0.05) is 12.1 Å². The number of non-ortho nitro benzene ring substituents is 1. The Morgan fingerprint density at radius 1 is 1.50 bits per heavy atom. The number of rotatable bonds is 4. The van der Waals surface area contributed by atoms with E-state index in [1.54, 1.807) is 26.1 Å². The molecular weight excluding hydrogens is 262 g/mol.